The number of carbonyl (C=O) groups is 2. The van der Waals surface area contributed by atoms with E-state index in [9.17, 15) is 27.8 Å². The van der Waals surface area contributed by atoms with Crippen LogP contribution in [0.25, 0.3) is 11.1 Å². The van der Waals surface area contributed by atoms with Gasteiger partial charge in [0.15, 0.2) is 0 Å². The standard InChI is InChI=1S/C32H35F2N5O4S/c1-21-26(23-12-10-22(19-35)11-13-23)20-36-28(39-16-7-14-32(33,34)15-17-39)27(21)29(40)37-24-8-6-9-25(18-24)44(5,42)38-30(41)43-31(2,3)4/h6,8-13,18,20H,7,14-17H2,1-5H3,(H,37,40)/t44-/m1/s1. The van der Waals surface area contributed by atoms with Crippen molar-refractivity contribution in [1.29, 1.82) is 5.26 Å². The summed E-state index contributed by atoms with van der Waals surface area (Å²) in [5.74, 6) is -3.06. The zero-order valence-electron chi connectivity index (χ0n) is 25.3. The molecule has 0 unspecified atom stereocenters. The lowest BCUT2D eigenvalue weighted by Gasteiger charge is -2.26. The van der Waals surface area contributed by atoms with Gasteiger partial charge in [0.25, 0.3) is 5.91 Å². The van der Waals surface area contributed by atoms with E-state index < -0.39 is 33.3 Å². The van der Waals surface area contributed by atoms with Crippen molar-refractivity contribution in [3.05, 3.63) is 71.4 Å². The van der Waals surface area contributed by atoms with Crippen LogP contribution in [-0.4, -0.2) is 52.1 Å². The molecule has 1 fully saturated rings. The summed E-state index contributed by atoms with van der Waals surface area (Å²) in [5, 5.41) is 12.0. The molecular weight excluding hydrogens is 588 g/mol. The van der Waals surface area contributed by atoms with E-state index in [1.807, 2.05) is 0 Å². The van der Waals surface area contributed by atoms with Gasteiger partial charge in [0.2, 0.25) is 5.92 Å². The normalized spacial score (nSPS) is 16.2. The summed E-state index contributed by atoms with van der Waals surface area (Å²) in [4.78, 5) is 32.7. The molecule has 12 heteroatoms. The Morgan fingerprint density at radius 2 is 1.84 bits per heavy atom. The van der Waals surface area contributed by atoms with Gasteiger partial charge < -0.3 is 15.0 Å². The number of carbonyl (C=O) groups excluding carboxylic acids is 2. The van der Waals surface area contributed by atoms with Gasteiger partial charge in [-0.05, 0) is 75.6 Å². The molecule has 0 aliphatic carbocycles. The zero-order chi connectivity index (χ0) is 32.3. The Hall–Kier alpha value is -4.37. The van der Waals surface area contributed by atoms with E-state index in [4.69, 9.17) is 4.74 Å². The Morgan fingerprint density at radius 1 is 1.14 bits per heavy atom. The average molecular weight is 624 g/mol. The van der Waals surface area contributed by atoms with E-state index in [1.54, 1.807) is 75.2 Å². The van der Waals surface area contributed by atoms with Crippen molar-refractivity contribution >= 4 is 33.2 Å². The molecule has 1 aliphatic rings. The Kier molecular flexibility index (Phi) is 9.39. The van der Waals surface area contributed by atoms with E-state index in [1.165, 1.54) is 18.4 Å². The molecule has 0 bridgehead atoms. The molecule has 1 N–H and O–H groups in total. The number of ether oxygens (including phenoxy) is 1. The number of nitrogens with zero attached hydrogens (tertiary/aromatic N) is 4. The van der Waals surface area contributed by atoms with Crippen LogP contribution in [0.1, 0.15) is 61.5 Å². The van der Waals surface area contributed by atoms with Gasteiger partial charge in [-0.2, -0.15) is 5.26 Å². The van der Waals surface area contributed by atoms with Crippen molar-refractivity contribution in [2.24, 2.45) is 4.36 Å². The summed E-state index contributed by atoms with van der Waals surface area (Å²) < 4.78 is 50.7. The van der Waals surface area contributed by atoms with Crippen LogP contribution in [0.2, 0.25) is 0 Å². The van der Waals surface area contributed by atoms with Crippen LogP contribution in [0.5, 0.6) is 0 Å². The molecule has 1 aromatic heterocycles. The van der Waals surface area contributed by atoms with Crippen molar-refractivity contribution in [3.8, 4) is 17.2 Å². The van der Waals surface area contributed by atoms with E-state index >= 15 is 0 Å². The summed E-state index contributed by atoms with van der Waals surface area (Å²) in [5.41, 5.74) is 2.11. The SMILES string of the molecule is Cc1c(-c2ccc(C#N)cc2)cnc(N2CCCC(F)(F)CC2)c1C(=O)Nc1cccc([S@@](C)(=O)=NC(=O)OC(C)(C)C)c1. The number of anilines is 2. The first-order valence-corrected chi connectivity index (χ1v) is 16.0. The second-order valence-electron chi connectivity index (χ2n) is 11.7. The van der Waals surface area contributed by atoms with E-state index in [0.29, 0.717) is 23.2 Å². The number of alkyl halides is 2. The second-order valence-corrected chi connectivity index (χ2v) is 14.0. The predicted molar refractivity (Wildman–Crippen MR) is 166 cm³/mol. The Balaban J connectivity index is 1.73. The highest BCUT2D eigenvalue weighted by Gasteiger charge is 2.33. The highest BCUT2D eigenvalue weighted by atomic mass is 32.2. The molecule has 1 aliphatic heterocycles. The van der Waals surface area contributed by atoms with Crippen molar-refractivity contribution < 1.29 is 27.3 Å². The van der Waals surface area contributed by atoms with Gasteiger partial charge in [0.1, 0.15) is 11.4 Å². The van der Waals surface area contributed by atoms with Crippen LogP contribution in [0, 0.1) is 18.3 Å². The fourth-order valence-corrected chi connectivity index (χ4v) is 5.97. The molecule has 0 radical (unpaired) electrons. The summed E-state index contributed by atoms with van der Waals surface area (Å²) in [6.07, 6.45) is 1.58. The summed E-state index contributed by atoms with van der Waals surface area (Å²) >= 11 is 0. The number of nitriles is 1. The summed E-state index contributed by atoms with van der Waals surface area (Å²) in [7, 11) is -3.22. The highest BCUT2D eigenvalue weighted by Crippen LogP contribution is 2.35. The number of nitrogens with one attached hydrogen (secondary N) is 1. The van der Waals surface area contributed by atoms with Crippen LogP contribution in [0.15, 0.2) is 64.0 Å². The molecule has 3 aromatic rings. The molecular formula is C32H35F2N5O4S. The van der Waals surface area contributed by atoms with Crippen LogP contribution in [0.4, 0.5) is 25.1 Å². The first-order valence-electron chi connectivity index (χ1n) is 14.1. The first kappa shape index (κ1) is 32.5. The second kappa shape index (κ2) is 12.7. The molecule has 1 saturated heterocycles. The van der Waals surface area contributed by atoms with Gasteiger partial charge >= 0.3 is 6.09 Å². The maximum absolute atomic E-state index is 14.2. The van der Waals surface area contributed by atoms with Crippen molar-refractivity contribution in [1.82, 2.24) is 4.98 Å². The van der Waals surface area contributed by atoms with Gasteiger partial charge in [-0.3, -0.25) is 4.79 Å². The third-order valence-corrected chi connectivity index (χ3v) is 8.69. The minimum absolute atomic E-state index is 0.0233. The lowest BCUT2D eigenvalue weighted by Crippen LogP contribution is -2.30. The maximum atomic E-state index is 14.2. The molecule has 4 rings (SSSR count). The van der Waals surface area contributed by atoms with Gasteiger partial charge in [0, 0.05) is 54.5 Å². The van der Waals surface area contributed by atoms with Gasteiger partial charge in [0.05, 0.1) is 26.9 Å². The largest absolute Gasteiger partial charge is 0.442 e. The van der Waals surface area contributed by atoms with Gasteiger partial charge in [-0.1, -0.05) is 18.2 Å². The summed E-state index contributed by atoms with van der Waals surface area (Å²) in [6, 6.07) is 15.1. The number of aromatic nitrogens is 1. The molecule has 0 spiro atoms. The number of halogens is 2. The third kappa shape index (κ3) is 7.96. The first-order chi connectivity index (χ1) is 20.6. The maximum Gasteiger partial charge on any atom is 0.442 e. The summed E-state index contributed by atoms with van der Waals surface area (Å²) in [6.45, 7) is 7.11. The minimum Gasteiger partial charge on any atom is -0.442 e. The number of hydrogen-bond donors (Lipinski definition) is 1. The molecule has 232 valence electrons. The number of hydrogen-bond acceptors (Lipinski definition) is 7. The van der Waals surface area contributed by atoms with Crippen LogP contribution < -0.4 is 10.2 Å². The lowest BCUT2D eigenvalue weighted by atomic mass is 9.97. The van der Waals surface area contributed by atoms with Crippen molar-refractivity contribution in [2.45, 2.75) is 63.4 Å². The van der Waals surface area contributed by atoms with E-state index in [-0.39, 0.29) is 47.8 Å². The third-order valence-electron chi connectivity index (χ3n) is 7.06. The van der Waals surface area contributed by atoms with E-state index in [2.05, 4.69) is 20.7 Å². The molecule has 9 nitrogen and oxygen atoms in total. The molecule has 2 amide bonds. The smallest absolute Gasteiger partial charge is 0.442 e. The monoisotopic (exact) mass is 623 g/mol. The van der Waals surface area contributed by atoms with Crippen LogP contribution >= 0.6 is 0 Å². The van der Waals surface area contributed by atoms with E-state index in [0.717, 1.165) is 5.56 Å². The molecule has 0 saturated carbocycles. The van der Waals surface area contributed by atoms with Gasteiger partial charge in [-0.15, -0.1) is 4.36 Å². The quantitative estimate of drug-likeness (QED) is 0.319. The van der Waals surface area contributed by atoms with Crippen molar-refractivity contribution in [3.63, 3.8) is 0 Å². The highest BCUT2D eigenvalue weighted by molar-refractivity contribution is 7.93. The Morgan fingerprint density at radius 3 is 2.50 bits per heavy atom. The fraction of sp³-hybridized carbons (Fsp3) is 0.375. The van der Waals surface area contributed by atoms with Crippen molar-refractivity contribution in [2.75, 3.05) is 29.6 Å². The molecule has 2 aromatic carbocycles. The van der Waals surface area contributed by atoms with Crippen LogP contribution in [-0.2, 0) is 14.5 Å². The Bertz CT molecular complexity index is 1740. The number of pyridine rings is 1. The average Bonchev–Trinajstić information content (AvgIpc) is 3.11. The molecule has 1 atom stereocenters. The van der Waals surface area contributed by atoms with Crippen LogP contribution in [0.3, 0.4) is 0 Å². The zero-order valence-corrected chi connectivity index (χ0v) is 26.1. The predicted octanol–water partition coefficient (Wildman–Crippen LogP) is 7.20. The Labute approximate surface area is 256 Å². The number of benzene rings is 2. The number of amides is 2. The fourth-order valence-electron chi connectivity index (χ4n) is 4.87. The minimum atomic E-state index is -3.22. The molecule has 2 heterocycles. The lowest BCUT2D eigenvalue weighted by molar-refractivity contribution is -0.0102. The van der Waals surface area contributed by atoms with Gasteiger partial charge in [-0.25, -0.2) is 22.8 Å². The topological polar surface area (TPSA) is 125 Å². The molecule has 44 heavy (non-hydrogen) atoms. The number of rotatable bonds is 5.